The maximum absolute atomic E-state index is 13.1. The highest BCUT2D eigenvalue weighted by molar-refractivity contribution is 7.10. The van der Waals surface area contributed by atoms with Gasteiger partial charge in [0.15, 0.2) is 0 Å². The normalized spacial score (nSPS) is 15.7. The van der Waals surface area contributed by atoms with Gasteiger partial charge in [-0.05, 0) is 53.1 Å². The standard InChI is InChI=1S/C29H31N3O4S/c1-30-28(34)25(5-3-14-33)32-18-24-23(29(32)35)4-2-6-26(24)36-19-21-9-7-20(8-10-21)16-31-13-11-27-22(17-31)12-15-37-27/h2,4,6-10,12,14-15,25H,3,5,11,13,16-19H2,1H3,(H,30,34). The summed E-state index contributed by atoms with van der Waals surface area (Å²) >= 11 is 1.86. The Morgan fingerprint density at radius 3 is 2.73 bits per heavy atom. The van der Waals surface area contributed by atoms with Gasteiger partial charge in [0.2, 0.25) is 5.91 Å². The highest BCUT2D eigenvalue weighted by atomic mass is 32.1. The molecule has 0 saturated carbocycles. The molecule has 1 N–H and O–H groups in total. The van der Waals surface area contributed by atoms with Crippen LogP contribution in [0.3, 0.4) is 0 Å². The van der Waals surface area contributed by atoms with Crippen LogP contribution < -0.4 is 10.1 Å². The lowest BCUT2D eigenvalue weighted by molar-refractivity contribution is -0.125. The van der Waals surface area contributed by atoms with Gasteiger partial charge in [0.1, 0.15) is 24.7 Å². The lowest BCUT2D eigenvalue weighted by Crippen LogP contribution is -2.46. The predicted octanol–water partition coefficient (Wildman–Crippen LogP) is 3.93. The lowest BCUT2D eigenvalue weighted by atomic mass is 10.1. The van der Waals surface area contributed by atoms with E-state index >= 15 is 0 Å². The van der Waals surface area contributed by atoms with Gasteiger partial charge in [0, 0.05) is 49.1 Å². The molecule has 1 atom stereocenters. The first kappa shape index (κ1) is 25.2. The summed E-state index contributed by atoms with van der Waals surface area (Å²) in [6.45, 7) is 3.69. The summed E-state index contributed by atoms with van der Waals surface area (Å²) in [7, 11) is 1.54. The van der Waals surface area contributed by atoms with E-state index in [2.05, 4.69) is 45.9 Å². The van der Waals surface area contributed by atoms with Crippen molar-refractivity contribution in [3.05, 3.63) is 86.6 Å². The Bertz CT molecular complexity index is 1290. The number of amides is 2. The van der Waals surface area contributed by atoms with Crippen molar-refractivity contribution >= 4 is 29.4 Å². The first-order valence-electron chi connectivity index (χ1n) is 12.6. The molecule has 3 aromatic rings. The molecular formula is C29H31N3O4S. The minimum absolute atomic E-state index is 0.211. The molecule has 0 radical (unpaired) electrons. The van der Waals surface area contributed by atoms with Gasteiger partial charge in [-0.1, -0.05) is 30.3 Å². The number of thiophene rings is 1. The summed E-state index contributed by atoms with van der Waals surface area (Å²) < 4.78 is 6.15. The fraction of sp³-hybridized carbons (Fsp3) is 0.345. The van der Waals surface area contributed by atoms with E-state index in [0.717, 1.165) is 43.5 Å². The van der Waals surface area contributed by atoms with Crippen molar-refractivity contribution in [2.24, 2.45) is 0 Å². The molecule has 0 saturated heterocycles. The Kier molecular flexibility index (Phi) is 7.67. The number of rotatable bonds is 10. The second-order valence-electron chi connectivity index (χ2n) is 9.52. The molecule has 2 aliphatic rings. The zero-order valence-electron chi connectivity index (χ0n) is 20.9. The van der Waals surface area contributed by atoms with E-state index in [-0.39, 0.29) is 31.2 Å². The highest BCUT2D eigenvalue weighted by Crippen LogP contribution is 2.33. The number of nitrogens with one attached hydrogen (secondary N) is 1. The zero-order valence-corrected chi connectivity index (χ0v) is 21.8. The Hall–Kier alpha value is -3.49. The number of benzene rings is 2. The molecule has 0 aliphatic carbocycles. The summed E-state index contributed by atoms with van der Waals surface area (Å²) in [6.07, 6.45) is 2.40. The van der Waals surface area contributed by atoms with Crippen LogP contribution in [0.4, 0.5) is 0 Å². The molecule has 2 amide bonds. The van der Waals surface area contributed by atoms with Gasteiger partial charge in [0.25, 0.3) is 5.91 Å². The fourth-order valence-corrected chi connectivity index (χ4v) is 6.03. The molecule has 192 valence electrons. The summed E-state index contributed by atoms with van der Waals surface area (Å²) in [4.78, 5) is 42.0. The number of hydrogen-bond acceptors (Lipinski definition) is 6. The van der Waals surface area contributed by atoms with Crippen molar-refractivity contribution in [2.45, 2.75) is 51.5 Å². The number of fused-ring (bicyclic) bond motifs is 2. The first-order chi connectivity index (χ1) is 18.1. The third-order valence-corrected chi connectivity index (χ3v) is 8.17. The lowest BCUT2D eigenvalue weighted by Gasteiger charge is -2.26. The molecule has 1 aromatic heterocycles. The number of likely N-dealkylation sites (N-methyl/N-ethyl adjacent to an activating group) is 1. The maximum atomic E-state index is 13.1. The molecule has 1 unspecified atom stereocenters. The zero-order chi connectivity index (χ0) is 25.8. The number of aldehydes is 1. The monoisotopic (exact) mass is 517 g/mol. The summed E-state index contributed by atoms with van der Waals surface area (Å²) in [5, 5.41) is 4.80. The number of hydrogen-bond donors (Lipinski definition) is 1. The van der Waals surface area contributed by atoms with Gasteiger partial charge in [-0.2, -0.15) is 0 Å². The van der Waals surface area contributed by atoms with Crippen LogP contribution in [0.1, 0.15) is 50.3 Å². The Morgan fingerprint density at radius 1 is 1.14 bits per heavy atom. The van der Waals surface area contributed by atoms with Crippen molar-refractivity contribution in [1.29, 1.82) is 0 Å². The van der Waals surface area contributed by atoms with E-state index in [9.17, 15) is 14.4 Å². The quantitative estimate of drug-likeness (QED) is 0.412. The van der Waals surface area contributed by atoms with E-state index in [0.29, 0.717) is 17.9 Å². The van der Waals surface area contributed by atoms with E-state index in [4.69, 9.17) is 4.74 Å². The minimum Gasteiger partial charge on any atom is -0.489 e. The number of nitrogens with zero attached hydrogens (tertiary/aromatic N) is 2. The van der Waals surface area contributed by atoms with Crippen LogP contribution in [-0.4, -0.2) is 47.5 Å². The summed E-state index contributed by atoms with van der Waals surface area (Å²) in [5.41, 5.74) is 5.11. The first-order valence-corrected chi connectivity index (χ1v) is 13.5. The average Bonchev–Trinajstić information content (AvgIpc) is 3.53. The van der Waals surface area contributed by atoms with Crippen LogP contribution in [0, 0.1) is 0 Å². The minimum atomic E-state index is -0.693. The maximum Gasteiger partial charge on any atom is 0.255 e. The average molecular weight is 518 g/mol. The van der Waals surface area contributed by atoms with Crippen LogP contribution >= 0.6 is 11.3 Å². The molecule has 0 fully saturated rings. The van der Waals surface area contributed by atoms with Crippen molar-refractivity contribution in [3.63, 3.8) is 0 Å². The van der Waals surface area contributed by atoms with Crippen LogP contribution in [0.2, 0.25) is 0 Å². The Morgan fingerprint density at radius 2 is 1.95 bits per heavy atom. The van der Waals surface area contributed by atoms with Crippen molar-refractivity contribution in [2.75, 3.05) is 13.6 Å². The van der Waals surface area contributed by atoms with E-state index < -0.39 is 6.04 Å². The SMILES string of the molecule is CNC(=O)C(CCC=O)N1Cc2c(OCc3ccc(CN4CCc5sccc5C4)cc3)cccc2C1=O. The highest BCUT2D eigenvalue weighted by Gasteiger charge is 2.37. The molecule has 2 aromatic carbocycles. The topological polar surface area (TPSA) is 79.0 Å². The number of carbonyl (C=O) groups excluding carboxylic acids is 3. The third kappa shape index (κ3) is 5.45. The van der Waals surface area contributed by atoms with Crippen molar-refractivity contribution in [1.82, 2.24) is 15.1 Å². The van der Waals surface area contributed by atoms with E-state index in [1.54, 1.807) is 12.1 Å². The fourth-order valence-electron chi connectivity index (χ4n) is 5.14. The molecule has 0 bridgehead atoms. The smallest absolute Gasteiger partial charge is 0.255 e. The van der Waals surface area contributed by atoms with Gasteiger partial charge in [0.05, 0.1) is 6.54 Å². The Labute approximate surface area is 221 Å². The largest absolute Gasteiger partial charge is 0.489 e. The molecule has 8 heteroatoms. The van der Waals surface area contributed by atoms with Gasteiger partial charge < -0.3 is 19.7 Å². The second kappa shape index (κ2) is 11.3. The second-order valence-corrected chi connectivity index (χ2v) is 10.5. The van der Waals surface area contributed by atoms with Gasteiger partial charge >= 0.3 is 0 Å². The molecule has 7 nitrogen and oxygen atoms in total. The number of ether oxygens (including phenoxy) is 1. The third-order valence-electron chi connectivity index (χ3n) is 7.15. The molecule has 37 heavy (non-hydrogen) atoms. The molecule has 3 heterocycles. The Balaban J connectivity index is 1.22. The van der Waals surface area contributed by atoms with Crippen LogP contribution in [0.25, 0.3) is 0 Å². The van der Waals surface area contributed by atoms with Crippen LogP contribution in [-0.2, 0) is 42.3 Å². The van der Waals surface area contributed by atoms with Gasteiger partial charge in [-0.3, -0.25) is 14.5 Å². The molecular weight excluding hydrogens is 486 g/mol. The molecule has 0 spiro atoms. The molecule has 5 rings (SSSR count). The predicted molar refractivity (Wildman–Crippen MR) is 142 cm³/mol. The van der Waals surface area contributed by atoms with Crippen LogP contribution in [0.5, 0.6) is 5.75 Å². The summed E-state index contributed by atoms with van der Waals surface area (Å²) in [5.74, 6) is 0.158. The van der Waals surface area contributed by atoms with E-state index in [1.165, 1.54) is 28.0 Å². The van der Waals surface area contributed by atoms with E-state index in [1.807, 2.05) is 17.4 Å². The van der Waals surface area contributed by atoms with Crippen molar-refractivity contribution in [3.8, 4) is 5.75 Å². The molecule has 2 aliphatic heterocycles. The van der Waals surface area contributed by atoms with Crippen molar-refractivity contribution < 1.29 is 19.1 Å². The van der Waals surface area contributed by atoms with Gasteiger partial charge in [-0.25, -0.2) is 0 Å². The summed E-state index contributed by atoms with van der Waals surface area (Å²) in [6, 6.07) is 15.5. The van der Waals surface area contributed by atoms with Crippen LogP contribution in [0.15, 0.2) is 53.9 Å². The number of carbonyl (C=O) groups is 3. The van der Waals surface area contributed by atoms with Gasteiger partial charge in [-0.15, -0.1) is 11.3 Å².